The number of nitrogens with one attached hydrogen (secondary N) is 1. The van der Waals surface area contributed by atoms with E-state index >= 15 is 0 Å². The maximum atomic E-state index is 13.0. The van der Waals surface area contributed by atoms with Crippen molar-refractivity contribution in [2.45, 2.75) is 19.0 Å². The molecule has 1 aliphatic rings. The molecule has 0 saturated carbocycles. The zero-order valence-corrected chi connectivity index (χ0v) is 15.3. The number of alkyl halides is 3. The lowest BCUT2D eigenvalue weighted by Gasteiger charge is -2.31. The molecule has 0 unspecified atom stereocenters. The van der Waals surface area contributed by atoms with Crippen molar-refractivity contribution < 1.29 is 23.1 Å². The number of aliphatic carboxylic acids is 1. The molecule has 0 atom stereocenters. The van der Waals surface area contributed by atoms with Gasteiger partial charge in [0.1, 0.15) is 12.0 Å². The number of hydrogen-bond acceptors (Lipinski definition) is 6. The zero-order valence-electron chi connectivity index (χ0n) is 14.5. The number of piperidine rings is 1. The summed E-state index contributed by atoms with van der Waals surface area (Å²) in [6.45, 7) is 0.910. The SMILES string of the molecule is Nc1c(Nc2ccc(Cl)c(C(F)(F)F)c2)ncnc1N1CCC(C(=O)O)CC1. The Kier molecular flexibility index (Phi) is 5.50. The fraction of sp³-hybridized carbons (Fsp3) is 0.353. The van der Waals surface area contributed by atoms with Gasteiger partial charge in [-0.3, -0.25) is 4.79 Å². The van der Waals surface area contributed by atoms with Gasteiger partial charge in [-0.05, 0) is 31.0 Å². The first-order chi connectivity index (χ1) is 13.2. The van der Waals surface area contributed by atoms with Gasteiger partial charge < -0.3 is 21.1 Å². The number of carboxylic acids is 1. The molecule has 1 aromatic heterocycles. The second kappa shape index (κ2) is 7.70. The molecule has 1 fully saturated rings. The maximum absolute atomic E-state index is 13.0. The van der Waals surface area contributed by atoms with Crippen LogP contribution in [0, 0.1) is 5.92 Å². The lowest BCUT2D eigenvalue weighted by Crippen LogP contribution is -2.37. The molecule has 1 aliphatic heterocycles. The normalized spacial score (nSPS) is 15.5. The fourth-order valence-electron chi connectivity index (χ4n) is 3.03. The molecule has 0 aliphatic carbocycles. The lowest BCUT2D eigenvalue weighted by atomic mass is 9.97. The van der Waals surface area contributed by atoms with Crippen LogP contribution in [0.5, 0.6) is 0 Å². The molecule has 0 bridgehead atoms. The minimum absolute atomic E-state index is 0.123. The molecule has 2 aromatic rings. The van der Waals surface area contributed by atoms with E-state index in [1.165, 1.54) is 12.4 Å². The largest absolute Gasteiger partial charge is 0.481 e. The van der Waals surface area contributed by atoms with Gasteiger partial charge in [-0.25, -0.2) is 9.97 Å². The van der Waals surface area contributed by atoms with E-state index in [-0.39, 0.29) is 17.2 Å². The summed E-state index contributed by atoms with van der Waals surface area (Å²) in [6, 6.07) is 3.40. The Labute approximate surface area is 163 Å². The molecule has 0 spiro atoms. The van der Waals surface area contributed by atoms with Crippen molar-refractivity contribution in [3.63, 3.8) is 0 Å². The third-order valence-electron chi connectivity index (χ3n) is 4.54. The number of nitrogens with two attached hydrogens (primary N) is 1. The van der Waals surface area contributed by atoms with Crippen LogP contribution in [0.1, 0.15) is 18.4 Å². The highest BCUT2D eigenvalue weighted by molar-refractivity contribution is 6.31. The molecule has 2 heterocycles. The van der Waals surface area contributed by atoms with Gasteiger partial charge >= 0.3 is 12.1 Å². The number of aromatic nitrogens is 2. The molecule has 28 heavy (non-hydrogen) atoms. The third-order valence-corrected chi connectivity index (χ3v) is 4.87. The Morgan fingerprint density at radius 3 is 2.57 bits per heavy atom. The monoisotopic (exact) mass is 415 g/mol. The standard InChI is InChI=1S/C17H17ClF3N5O2/c18-12-2-1-10(7-11(12)17(19,20)21)25-14-13(22)15(24-8-23-14)26-5-3-9(4-6-26)16(27)28/h1-2,7-9H,3-6,22H2,(H,27,28)(H,23,24,25). The Morgan fingerprint density at radius 2 is 1.96 bits per heavy atom. The summed E-state index contributed by atoms with van der Waals surface area (Å²) >= 11 is 5.63. The van der Waals surface area contributed by atoms with Gasteiger partial charge in [-0.15, -0.1) is 0 Å². The molecule has 11 heteroatoms. The highest BCUT2D eigenvalue weighted by Crippen LogP contribution is 2.37. The van der Waals surface area contributed by atoms with E-state index in [4.69, 9.17) is 22.4 Å². The number of hydrogen-bond donors (Lipinski definition) is 3. The molecule has 0 radical (unpaired) electrons. The van der Waals surface area contributed by atoms with Crippen LogP contribution in [0.4, 0.5) is 36.2 Å². The van der Waals surface area contributed by atoms with E-state index in [0.717, 1.165) is 12.1 Å². The van der Waals surface area contributed by atoms with Crippen molar-refractivity contribution in [2.75, 3.05) is 29.0 Å². The van der Waals surface area contributed by atoms with Gasteiger partial charge in [0, 0.05) is 18.8 Å². The van der Waals surface area contributed by atoms with E-state index in [9.17, 15) is 18.0 Å². The number of anilines is 4. The van der Waals surface area contributed by atoms with Gasteiger partial charge in [0.2, 0.25) is 0 Å². The van der Waals surface area contributed by atoms with Crippen molar-refractivity contribution >= 4 is 40.6 Å². The van der Waals surface area contributed by atoms with Gasteiger partial charge in [-0.1, -0.05) is 11.6 Å². The molecule has 1 aromatic carbocycles. The predicted molar refractivity (Wildman–Crippen MR) is 98.8 cm³/mol. The average molecular weight is 416 g/mol. The van der Waals surface area contributed by atoms with Gasteiger partial charge in [-0.2, -0.15) is 13.2 Å². The van der Waals surface area contributed by atoms with Crippen LogP contribution in [0.25, 0.3) is 0 Å². The topological polar surface area (TPSA) is 104 Å². The van der Waals surface area contributed by atoms with Gasteiger partial charge in [0.05, 0.1) is 16.5 Å². The van der Waals surface area contributed by atoms with Crippen molar-refractivity contribution in [1.29, 1.82) is 0 Å². The quantitative estimate of drug-likeness (QED) is 0.698. The second-order valence-electron chi connectivity index (χ2n) is 6.38. The first-order valence-electron chi connectivity index (χ1n) is 8.39. The molecule has 150 valence electrons. The summed E-state index contributed by atoms with van der Waals surface area (Å²) in [4.78, 5) is 21.1. The summed E-state index contributed by atoms with van der Waals surface area (Å²) in [5, 5.41) is 11.4. The highest BCUT2D eigenvalue weighted by Gasteiger charge is 2.33. The van der Waals surface area contributed by atoms with Crippen LogP contribution in [0.15, 0.2) is 24.5 Å². The number of carboxylic acid groups (broad SMARTS) is 1. The third kappa shape index (κ3) is 4.22. The molecule has 3 rings (SSSR count). The number of rotatable bonds is 4. The maximum Gasteiger partial charge on any atom is 0.417 e. The minimum Gasteiger partial charge on any atom is -0.481 e. The number of nitrogen functional groups attached to an aromatic ring is 1. The number of nitrogens with zero attached hydrogens (tertiary/aromatic N) is 3. The summed E-state index contributed by atoms with van der Waals surface area (Å²) in [5.41, 5.74) is 5.44. The Morgan fingerprint density at radius 1 is 1.29 bits per heavy atom. The van der Waals surface area contributed by atoms with Crippen molar-refractivity contribution in [1.82, 2.24) is 9.97 Å². The van der Waals surface area contributed by atoms with E-state index in [0.29, 0.717) is 31.7 Å². The Bertz CT molecular complexity index is 886. The van der Waals surface area contributed by atoms with Crippen molar-refractivity contribution in [3.8, 4) is 0 Å². The number of halogens is 4. The molecule has 7 nitrogen and oxygen atoms in total. The average Bonchev–Trinajstić information content (AvgIpc) is 2.64. The smallest absolute Gasteiger partial charge is 0.417 e. The van der Waals surface area contributed by atoms with Crippen LogP contribution in [0.2, 0.25) is 5.02 Å². The zero-order chi connectivity index (χ0) is 20.5. The molecule has 4 N–H and O–H groups in total. The molecular weight excluding hydrogens is 399 g/mol. The van der Waals surface area contributed by atoms with Crippen LogP contribution in [-0.4, -0.2) is 34.1 Å². The summed E-state index contributed by atoms with van der Waals surface area (Å²) in [5.74, 6) is -0.681. The van der Waals surface area contributed by atoms with Gasteiger partial charge in [0.15, 0.2) is 11.6 Å². The highest BCUT2D eigenvalue weighted by atomic mass is 35.5. The fourth-order valence-corrected chi connectivity index (χ4v) is 3.26. The minimum atomic E-state index is -4.59. The van der Waals surface area contributed by atoms with E-state index < -0.39 is 28.6 Å². The number of carbonyl (C=O) groups is 1. The van der Waals surface area contributed by atoms with E-state index in [1.54, 1.807) is 0 Å². The Balaban J connectivity index is 1.82. The van der Waals surface area contributed by atoms with Crippen molar-refractivity contribution in [2.24, 2.45) is 5.92 Å². The molecule has 1 saturated heterocycles. The second-order valence-corrected chi connectivity index (χ2v) is 6.78. The summed E-state index contributed by atoms with van der Waals surface area (Å²) in [7, 11) is 0. The Hall–Kier alpha value is -2.75. The molecule has 0 amide bonds. The first kappa shape index (κ1) is 20.0. The van der Waals surface area contributed by atoms with Crippen LogP contribution in [0.3, 0.4) is 0 Å². The van der Waals surface area contributed by atoms with Gasteiger partial charge in [0.25, 0.3) is 0 Å². The summed E-state index contributed by atoms with van der Waals surface area (Å²) < 4.78 is 39.1. The van der Waals surface area contributed by atoms with E-state index in [1.807, 2.05) is 4.90 Å². The molecular formula is C17H17ClF3N5O2. The van der Waals surface area contributed by atoms with Crippen molar-refractivity contribution in [3.05, 3.63) is 35.1 Å². The lowest BCUT2D eigenvalue weighted by molar-refractivity contribution is -0.142. The van der Waals surface area contributed by atoms with Crippen LogP contribution >= 0.6 is 11.6 Å². The van der Waals surface area contributed by atoms with E-state index in [2.05, 4.69) is 15.3 Å². The predicted octanol–water partition coefficient (Wildman–Crippen LogP) is 3.78. The summed E-state index contributed by atoms with van der Waals surface area (Å²) in [6.07, 6.45) is -2.44. The first-order valence-corrected chi connectivity index (χ1v) is 8.76. The van der Waals surface area contributed by atoms with Crippen LogP contribution in [-0.2, 0) is 11.0 Å². The number of benzene rings is 1. The van der Waals surface area contributed by atoms with Crippen LogP contribution < -0.4 is 16.0 Å².